The molecule has 2 heterocycles. The number of carbonyl (C=O) groups excluding carboxylic acids is 1. The van der Waals surface area contributed by atoms with Crippen LogP contribution in [0.1, 0.15) is 35.2 Å². The summed E-state index contributed by atoms with van der Waals surface area (Å²) < 4.78 is 27.8. The van der Waals surface area contributed by atoms with Crippen molar-refractivity contribution in [2.75, 3.05) is 44.7 Å². The number of sulfonamides is 1. The average Bonchev–Trinajstić information content (AvgIpc) is 3.23. The number of amides is 1. The zero-order valence-corrected chi connectivity index (χ0v) is 21.6. The maximum atomic E-state index is 13.3. The molecule has 1 saturated heterocycles. The van der Waals surface area contributed by atoms with Crippen molar-refractivity contribution in [2.24, 2.45) is 0 Å². The molecule has 0 bridgehead atoms. The molecule has 5 rings (SSSR count). The summed E-state index contributed by atoms with van der Waals surface area (Å²) in [6.45, 7) is 6.68. The summed E-state index contributed by atoms with van der Waals surface area (Å²) in [6, 6.07) is 11.7. The summed E-state index contributed by atoms with van der Waals surface area (Å²) in [5, 5.41) is 0.989. The van der Waals surface area contributed by atoms with Crippen molar-refractivity contribution in [3.8, 4) is 0 Å². The van der Waals surface area contributed by atoms with Crippen molar-refractivity contribution < 1.29 is 13.2 Å². The fraction of sp³-hybridized carbons (Fsp3) is 0.444. The number of anilines is 1. The number of likely N-dealkylation sites (N-methyl/N-ethyl adjacent to an activating group) is 1. The molecule has 0 atom stereocenters. The zero-order valence-electron chi connectivity index (χ0n) is 20.8. The number of H-pyrrole nitrogens is 1. The number of benzene rings is 2. The third-order valence-corrected chi connectivity index (χ3v) is 9.27. The predicted octanol–water partition coefficient (Wildman–Crippen LogP) is 3.63. The minimum Gasteiger partial charge on any atom is -0.368 e. The number of piperazine rings is 1. The van der Waals surface area contributed by atoms with Crippen LogP contribution in [0.5, 0.6) is 0 Å². The SMILES string of the molecule is Cc1ccc(C)c(N2CCN(C(=O)CN(C)S(=O)(=O)c3ccc4[nH]c5c(c4c3)CCCC5)CC2)c1. The summed E-state index contributed by atoms with van der Waals surface area (Å²) in [6.07, 6.45) is 4.27. The molecule has 2 aliphatic rings. The number of aryl methyl sites for hydroxylation is 4. The topological polar surface area (TPSA) is 76.7 Å². The fourth-order valence-electron chi connectivity index (χ4n) is 5.36. The van der Waals surface area contributed by atoms with Crippen LogP contribution < -0.4 is 4.90 Å². The van der Waals surface area contributed by atoms with Gasteiger partial charge in [0, 0.05) is 55.5 Å². The summed E-state index contributed by atoms with van der Waals surface area (Å²) in [5.41, 5.74) is 7.10. The van der Waals surface area contributed by atoms with Gasteiger partial charge in [0.25, 0.3) is 0 Å². The molecule has 1 fully saturated rings. The van der Waals surface area contributed by atoms with Gasteiger partial charge in [0.15, 0.2) is 0 Å². The molecule has 0 unspecified atom stereocenters. The van der Waals surface area contributed by atoms with Gasteiger partial charge in [-0.2, -0.15) is 4.31 Å². The maximum absolute atomic E-state index is 13.3. The lowest BCUT2D eigenvalue weighted by Crippen LogP contribution is -2.51. The number of rotatable bonds is 5. The van der Waals surface area contributed by atoms with Crippen molar-refractivity contribution >= 4 is 32.5 Å². The van der Waals surface area contributed by atoms with Crippen LogP contribution in [0.4, 0.5) is 5.69 Å². The van der Waals surface area contributed by atoms with E-state index in [0.29, 0.717) is 13.1 Å². The zero-order chi connectivity index (χ0) is 24.7. The Labute approximate surface area is 207 Å². The Kier molecular flexibility index (Phi) is 6.36. The van der Waals surface area contributed by atoms with E-state index < -0.39 is 10.0 Å². The van der Waals surface area contributed by atoms with E-state index in [-0.39, 0.29) is 17.3 Å². The number of nitrogens with zero attached hydrogens (tertiary/aromatic N) is 3. The van der Waals surface area contributed by atoms with Crippen molar-refractivity contribution in [3.05, 3.63) is 58.8 Å². The quantitative estimate of drug-likeness (QED) is 0.588. The summed E-state index contributed by atoms with van der Waals surface area (Å²) in [5.74, 6) is -0.156. The molecular weight excluding hydrogens is 460 g/mol. The van der Waals surface area contributed by atoms with Crippen LogP contribution in [-0.2, 0) is 27.7 Å². The maximum Gasteiger partial charge on any atom is 0.243 e. The van der Waals surface area contributed by atoms with Gasteiger partial charge in [-0.25, -0.2) is 8.42 Å². The Hall–Kier alpha value is -2.84. The van der Waals surface area contributed by atoms with Gasteiger partial charge in [0.1, 0.15) is 0 Å². The molecule has 186 valence electrons. The van der Waals surface area contributed by atoms with Crippen LogP contribution in [0.3, 0.4) is 0 Å². The fourth-order valence-corrected chi connectivity index (χ4v) is 6.50. The highest BCUT2D eigenvalue weighted by Gasteiger charge is 2.28. The first-order valence-electron chi connectivity index (χ1n) is 12.4. The molecule has 2 aromatic carbocycles. The number of hydrogen-bond acceptors (Lipinski definition) is 4. The first-order chi connectivity index (χ1) is 16.7. The second-order valence-electron chi connectivity index (χ2n) is 9.92. The van der Waals surface area contributed by atoms with Crippen molar-refractivity contribution in [1.29, 1.82) is 0 Å². The Morgan fingerprint density at radius 1 is 1.00 bits per heavy atom. The minimum absolute atomic E-state index is 0.156. The lowest BCUT2D eigenvalue weighted by molar-refractivity contribution is -0.131. The standard InChI is InChI=1S/C27H34N4O3S/c1-19-8-9-20(2)26(16-19)30-12-14-31(15-13-30)27(32)18-29(3)35(33,34)21-10-11-25-23(17-21)22-6-4-5-7-24(22)28-25/h8-11,16-17,28H,4-7,12-15,18H2,1-3H3. The van der Waals surface area contributed by atoms with Gasteiger partial charge in [0.05, 0.1) is 11.4 Å². The minimum atomic E-state index is -3.77. The van der Waals surface area contributed by atoms with Crippen LogP contribution in [0, 0.1) is 13.8 Å². The van der Waals surface area contributed by atoms with Gasteiger partial charge in [-0.05, 0) is 80.5 Å². The number of fused-ring (bicyclic) bond motifs is 3. The average molecular weight is 495 g/mol. The number of aromatic nitrogens is 1. The normalized spacial score (nSPS) is 16.7. The van der Waals surface area contributed by atoms with Gasteiger partial charge in [-0.3, -0.25) is 4.79 Å². The van der Waals surface area contributed by atoms with Crippen molar-refractivity contribution in [2.45, 2.75) is 44.4 Å². The lowest BCUT2D eigenvalue weighted by atomic mass is 9.96. The van der Waals surface area contributed by atoms with E-state index in [4.69, 9.17) is 0 Å². The first-order valence-corrected chi connectivity index (χ1v) is 13.9. The number of carbonyl (C=O) groups is 1. The molecule has 1 aliphatic heterocycles. The van der Waals surface area contributed by atoms with Crippen LogP contribution in [0.25, 0.3) is 10.9 Å². The van der Waals surface area contributed by atoms with Crippen molar-refractivity contribution in [1.82, 2.24) is 14.2 Å². The van der Waals surface area contributed by atoms with Crippen LogP contribution in [0.15, 0.2) is 41.3 Å². The highest BCUT2D eigenvalue weighted by molar-refractivity contribution is 7.89. The monoisotopic (exact) mass is 494 g/mol. The molecule has 1 aromatic heterocycles. The number of nitrogens with one attached hydrogen (secondary N) is 1. The smallest absolute Gasteiger partial charge is 0.243 e. The molecular formula is C27H34N4O3S. The Bertz CT molecular complexity index is 1370. The molecule has 0 spiro atoms. The number of aromatic amines is 1. The van der Waals surface area contributed by atoms with Gasteiger partial charge < -0.3 is 14.8 Å². The molecule has 7 nitrogen and oxygen atoms in total. The largest absolute Gasteiger partial charge is 0.368 e. The summed E-state index contributed by atoms with van der Waals surface area (Å²) in [4.78, 5) is 20.8. The highest BCUT2D eigenvalue weighted by atomic mass is 32.2. The van der Waals surface area contributed by atoms with Crippen LogP contribution in [-0.4, -0.2) is 68.3 Å². The van der Waals surface area contributed by atoms with Crippen LogP contribution >= 0.6 is 0 Å². The second kappa shape index (κ2) is 9.32. The van der Waals surface area contributed by atoms with Gasteiger partial charge in [-0.1, -0.05) is 12.1 Å². The van der Waals surface area contributed by atoms with E-state index in [1.807, 2.05) is 6.07 Å². The lowest BCUT2D eigenvalue weighted by Gasteiger charge is -2.37. The van der Waals surface area contributed by atoms with E-state index in [2.05, 4.69) is 41.9 Å². The third kappa shape index (κ3) is 4.57. The molecule has 1 N–H and O–H groups in total. The summed E-state index contributed by atoms with van der Waals surface area (Å²) >= 11 is 0. The van der Waals surface area contributed by atoms with Gasteiger partial charge in [-0.15, -0.1) is 0 Å². The van der Waals surface area contributed by atoms with Gasteiger partial charge in [0.2, 0.25) is 15.9 Å². The molecule has 1 amide bonds. The predicted molar refractivity (Wildman–Crippen MR) is 139 cm³/mol. The van der Waals surface area contributed by atoms with Crippen LogP contribution in [0.2, 0.25) is 0 Å². The van der Waals surface area contributed by atoms with E-state index in [0.717, 1.165) is 49.7 Å². The van der Waals surface area contributed by atoms with Gasteiger partial charge >= 0.3 is 0 Å². The molecule has 35 heavy (non-hydrogen) atoms. The Morgan fingerprint density at radius 3 is 2.51 bits per heavy atom. The van der Waals surface area contributed by atoms with Crippen molar-refractivity contribution in [3.63, 3.8) is 0 Å². The van der Waals surface area contributed by atoms with E-state index in [1.165, 1.54) is 39.4 Å². The number of hydrogen-bond donors (Lipinski definition) is 1. The Balaban J connectivity index is 1.26. The highest BCUT2D eigenvalue weighted by Crippen LogP contribution is 2.31. The molecule has 0 saturated carbocycles. The second-order valence-corrected chi connectivity index (χ2v) is 12.0. The Morgan fingerprint density at radius 2 is 1.74 bits per heavy atom. The van der Waals surface area contributed by atoms with E-state index in [9.17, 15) is 13.2 Å². The molecule has 3 aromatic rings. The molecule has 8 heteroatoms. The molecule has 0 radical (unpaired) electrons. The first kappa shape index (κ1) is 23.9. The van der Waals surface area contributed by atoms with E-state index >= 15 is 0 Å². The van der Waals surface area contributed by atoms with E-state index in [1.54, 1.807) is 17.0 Å². The third-order valence-electron chi connectivity index (χ3n) is 7.47. The summed E-state index contributed by atoms with van der Waals surface area (Å²) in [7, 11) is -2.27. The molecule has 1 aliphatic carbocycles.